The Morgan fingerprint density at radius 1 is 1.69 bits per heavy atom. The summed E-state index contributed by atoms with van der Waals surface area (Å²) in [5, 5.41) is 19.0. The molecule has 2 atom stereocenters. The standard InChI is InChI=1S/C11H19N3OS/c1-3-6-14-10(8-12-13-14)11(15)5-4-7-16-9(11)2/h8-9,15H,3-7H2,1-2H3. The van der Waals surface area contributed by atoms with Crippen LogP contribution in [0.15, 0.2) is 6.20 Å². The lowest BCUT2D eigenvalue weighted by Crippen LogP contribution is -2.40. The van der Waals surface area contributed by atoms with Crippen LogP contribution in [0.1, 0.15) is 38.8 Å². The zero-order chi connectivity index (χ0) is 11.6. The van der Waals surface area contributed by atoms with Crippen molar-refractivity contribution in [1.82, 2.24) is 15.0 Å². The number of aryl methyl sites for hydroxylation is 1. The van der Waals surface area contributed by atoms with Gasteiger partial charge in [0.1, 0.15) is 5.60 Å². The fraction of sp³-hybridized carbons (Fsp3) is 0.818. The summed E-state index contributed by atoms with van der Waals surface area (Å²) in [6, 6.07) is 0. The Hall–Kier alpha value is -0.550. The van der Waals surface area contributed by atoms with Gasteiger partial charge in [-0.3, -0.25) is 0 Å². The van der Waals surface area contributed by atoms with E-state index in [0.29, 0.717) is 0 Å². The van der Waals surface area contributed by atoms with E-state index < -0.39 is 5.60 Å². The highest BCUT2D eigenvalue weighted by Gasteiger charge is 2.41. The van der Waals surface area contributed by atoms with E-state index in [-0.39, 0.29) is 5.25 Å². The highest BCUT2D eigenvalue weighted by atomic mass is 32.2. The zero-order valence-electron chi connectivity index (χ0n) is 9.89. The van der Waals surface area contributed by atoms with Gasteiger partial charge < -0.3 is 5.11 Å². The summed E-state index contributed by atoms with van der Waals surface area (Å²) < 4.78 is 1.85. The molecule has 5 heteroatoms. The summed E-state index contributed by atoms with van der Waals surface area (Å²) in [6.45, 7) is 5.02. The van der Waals surface area contributed by atoms with Crippen molar-refractivity contribution in [2.75, 3.05) is 5.75 Å². The molecule has 2 heterocycles. The van der Waals surface area contributed by atoms with Crippen LogP contribution in [-0.2, 0) is 12.1 Å². The maximum atomic E-state index is 10.8. The Balaban J connectivity index is 2.29. The molecule has 4 nitrogen and oxygen atoms in total. The second-order valence-electron chi connectivity index (χ2n) is 4.38. The first-order valence-corrected chi connectivity index (χ1v) is 6.96. The van der Waals surface area contributed by atoms with Gasteiger partial charge in [-0.05, 0) is 25.0 Å². The molecule has 2 unspecified atom stereocenters. The van der Waals surface area contributed by atoms with Crippen LogP contribution in [0.5, 0.6) is 0 Å². The molecule has 1 aliphatic heterocycles. The van der Waals surface area contributed by atoms with Crippen LogP contribution in [0.2, 0.25) is 0 Å². The van der Waals surface area contributed by atoms with Crippen molar-refractivity contribution in [3.63, 3.8) is 0 Å². The molecule has 1 aromatic heterocycles. The topological polar surface area (TPSA) is 50.9 Å². The van der Waals surface area contributed by atoms with Gasteiger partial charge >= 0.3 is 0 Å². The molecule has 0 spiro atoms. The second kappa shape index (κ2) is 4.75. The number of rotatable bonds is 3. The Labute approximate surface area is 100 Å². The van der Waals surface area contributed by atoms with Crippen LogP contribution >= 0.6 is 11.8 Å². The van der Waals surface area contributed by atoms with Gasteiger partial charge in [0.2, 0.25) is 0 Å². The molecule has 0 bridgehead atoms. The van der Waals surface area contributed by atoms with E-state index in [1.165, 1.54) is 0 Å². The molecule has 1 fully saturated rings. The molecule has 1 N–H and O–H groups in total. The molecular weight excluding hydrogens is 222 g/mol. The molecule has 1 aromatic rings. The smallest absolute Gasteiger partial charge is 0.119 e. The average Bonchev–Trinajstić information content (AvgIpc) is 2.72. The summed E-state index contributed by atoms with van der Waals surface area (Å²) >= 11 is 1.83. The lowest BCUT2D eigenvalue weighted by Gasteiger charge is -2.37. The fourth-order valence-electron chi connectivity index (χ4n) is 2.25. The van der Waals surface area contributed by atoms with Gasteiger partial charge in [-0.15, -0.1) is 5.10 Å². The van der Waals surface area contributed by atoms with Crippen LogP contribution in [0.3, 0.4) is 0 Å². The molecule has 90 valence electrons. The predicted octanol–water partition coefficient (Wildman–Crippen LogP) is 1.79. The Bertz CT molecular complexity index is 355. The first kappa shape index (κ1) is 11.9. The SMILES string of the molecule is CCCn1nncc1C1(O)CCCSC1C. The minimum atomic E-state index is -0.748. The summed E-state index contributed by atoms with van der Waals surface area (Å²) in [7, 11) is 0. The lowest BCUT2D eigenvalue weighted by molar-refractivity contribution is 0.0164. The highest BCUT2D eigenvalue weighted by molar-refractivity contribution is 8.00. The molecule has 2 rings (SSSR count). The maximum Gasteiger partial charge on any atom is 0.119 e. The normalized spacial score (nSPS) is 30.6. The van der Waals surface area contributed by atoms with E-state index >= 15 is 0 Å². The van der Waals surface area contributed by atoms with Gasteiger partial charge in [0, 0.05) is 11.8 Å². The summed E-state index contributed by atoms with van der Waals surface area (Å²) in [6.07, 6.45) is 4.60. The van der Waals surface area contributed by atoms with Crippen LogP contribution in [-0.4, -0.2) is 31.1 Å². The quantitative estimate of drug-likeness (QED) is 0.876. The van der Waals surface area contributed by atoms with E-state index in [4.69, 9.17) is 0 Å². The van der Waals surface area contributed by atoms with Crippen LogP contribution in [0.25, 0.3) is 0 Å². The van der Waals surface area contributed by atoms with E-state index in [1.807, 2.05) is 16.4 Å². The van der Waals surface area contributed by atoms with Crippen molar-refractivity contribution in [2.45, 2.75) is 50.5 Å². The molecule has 1 aliphatic rings. The van der Waals surface area contributed by atoms with Gasteiger partial charge in [0.05, 0.1) is 11.9 Å². The monoisotopic (exact) mass is 241 g/mol. The number of hydrogen-bond acceptors (Lipinski definition) is 4. The average molecular weight is 241 g/mol. The molecule has 0 saturated carbocycles. The Kier molecular flexibility index (Phi) is 3.54. The van der Waals surface area contributed by atoms with Gasteiger partial charge in [0.15, 0.2) is 0 Å². The third-order valence-corrected chi connectivity index (χ3v) is 4.65. The first-order valence-electron chi connectivity index (χ1n) is 5.91. The van der Waals surface area contributed by atoms with Crippen LogP contribution < -0.4 is 0 Å². The third kappa shape index (κ3) is 1.98. The van der Waals surface area contributed by atoms with Crippen molar-refractivity contribution >= 4 is 11.8 Å². The van der Waals surface area contributed by atoms with Crippen LogP contribution in [0.4, 0.5) is 0 Å². The Morgan fingerprint density at radius 3 is 3.19 bits per heavy atom. The minimum absolute atomic E-state index is 0.218. The first-order chi connectivity index (χ1) is 7.68. The lowest BCUT2D eigenvalue weighted by atomic mass is 9.90. The number of aliphatic hydroxyl groups is 1. The van der Waals surface area contributed by atoms with E-state index in [1.54, 1.807) is 6.20 Å². The maximum absolute atomic E-state index is 10.8. The number of hydrogen-bond donors (Lipinski definition) is 1. The molecule has 1 saturated heterocycles. The van der Waals surface area contributed by atoms with Crippen molar-refractivity contribution < 1.29 is 5.11 Å². The highest BCUT2D eigenvalue weighted by Crippen LogP contribution is 2.40. The third-order valence-electron chi connectivity index (χ3n) is 3.24. The van der Waals surface area contributed by atoms with Crippen molar-refractivity contribution in [3.8, 4) is 0 Å². The van der Waals surface area contributed by atoms with Crippen LogP contribution in [0, 0.1) is 0 Å². The largest absolute Gasteiger partial charge is 0.382 e. The van der Waals surface area contributed by atoms with Gasteiger partial charge in [-0.2, -0.15) is 11.8 Å². The Morgan fingerprint density at radius 2 is 2.50 bits per heavy atom. The molecule has 0 aliphatic carbocycles. The molecule has 16 heavy (non-hydrogen) atoms. The van der Waals surface area contributed by atoms with Crippen molar-refractivity contribution in [2.24, 2.45) is 0 Å². The summed E-state index contributed by atoms with van der Waals surface area (Å²) in [5.41, 5.74) is 0.135. The minimum Gasteiger partial charge on any atom is -0.382 e. The van der Waals surface area contributed by atoms with E-state index in [9.17, 15) is 5.11 Å². The number of aromatic nitrogens is 3. The van der Waals surface area contributed by atoms with Gasteiger partial charge in [0.25, 0.3) is 0 Å². The van der Waals surface area contributed by atoms with Crippen molar-refractivity contribution in [1.29, 1.82) is 0 Å². The fourth-order valence-corrected chi connectivity index (χ4v) is 3.43. The molecule has 0 aromatic carbocycles. The van der Waals surface area contributed by atoms with Gasteiger partial charge in [-0.1, -0.05) is 19.1 Å². The van der Waals surface area contributed by atoms with E-state index in [2.05, 4.69) is 24.2 Å². The number of nitrogens with zero attached hydrogens (tertiary/aromatic N) is 3. The van der Waals surface area contributed by atoms with Gasteiger partial charge in [-0.25, -0.2) is 4.68 Å². The van der Waals surface area contributed by atoms with Crippen molar-refractivity contribution in [3.05, 3.63) is 11.9 Å². The summed E-state index contributed by atoms with van der Waals surface area (Å²) in [5.74, 6) is 1.14. The second-order valence-corrected chi connectivity index (χ2v) is 5.83. The molecule has 0 radical (unpaired) electrons. The zero-order valence-corrected chi connectivity index (χ0v) is 10.7. The number of thioether (sulfide) groups is 1. The predicted molar refractivity (Wildman–Crippen MR) is 65.4 cm³/mol. The molecular formula is C11H19N3OS. The van der Waals surface area contributed by atoms with E-state index in [0.717, 1.165) is 37.3 Å². The summed E-state index contributed by atoms with van der Waals surface area (Å²) in [4.78, 5) is 0. The molecule has 0 amide bonds.